The average Bonchev–Trinajstić information content (AvgIpc) is 3.70. The van der Waals surface area contributed by atoms with Crippen LogP contribution in [0.4, 0.5) is 10.2 Å². The highest BCUT2D eigenvalue weighted by Crippen LogP contribution is 2.34. The largest absolute Gasteiger partial charge is 0.475 e. The topological polar surface area (TPSA) is 115 Å². The molecule has 12 heteroatoms. The molecule has 10 nitrogen and oxygen atoms in total. The quantitative estimate of drug-likeness (QED) is 0.304. The molecule has 1 saturated carbocycles. The maximum atomic E-state index is 13.7. The van der Waals surface area contributed by atoms with Crippen molar-refractivity contribution in [3.05, 3.63) is 74.7 Å². The van der Waals surface area contributed by atoms with Crippen LogP contribution in [0.15, 0.2) is 47.4 Å². The molecule has 4 heterocycles. The molecule has 3 fully saturated rings. The Labute approximate surface area is 265 Å². The lowest BCUT2D eigenvalue weighted by Gasteiger charge is -2.34. The van der Waals surface area contributed by atoms with Crippen LogP contribution in [0, 0.1) is 0 Å². The molecule has 0 unspecified atom stereocenters. The van der Waals surface area contributed by atoms with E-state index in [2.05, 4.69) is 15.6 Å². The summed E-state index contributed by atoms with van der Waals surface area (Å²) in [6.07, 6.45) is 4.56. The van der Waals surface area contributed by atoms with Crippen LogP contribution >= 0.6 is 11.6 Å². The van der Waals surface area contributed by atoms with Gasteiger partial charge < -0.3 is 29.6 Å². The van der Waals surface area contributed by atoms with Gasteiger partial charge in [0.2, 0.25) is 5.88 Å². The minimum Gasteiger partial charge on any atom is -0.475 e. The Hall–Kier alpha value is -3.80. The van der Waals surface area contributed by atoms with Crippen molar-refractivity contribution in [3.63, 3.8) is 0 Å². The molecule has 45 heavy (non-hydrogen) atoms. The Morgan fingerprint density at radius 1 is 1.13 bits per heavy atom. The summed E-state index contributed by atoms with van der Waals surface area (Å²) >= 11 is 6.26. The van der Waals surface area contributed by atoms with Crippen molar-refractivity contribution in [2.75, 3.05) is 31.6 Å². The number of hydrogen-bond donors (Lipinski definition) is 2. The summed E-state index contributed by atoms with van der Waals surface area (Å²) in [7, 11) is 0. The number of likely N-dealkylation sites (tertiary alicyclic amines) is 1. The molecule has 2 amide bonds. The molecule has 0 spiro atoms. The molecule has 238 valence electrons. The number of alkyl halides is 1. The lowest BCUT2D eigenvalue weighted by Crippen LogP contribution is -2.51. The molecular weight excluding hydrogens is 601 g/mol. The smallest absolute Gasteiger partial charge is 0.263 e. The summed E-state index contributed by atoms with van der Waals surface area (Å²) < 4.78 is 26.8. The number of amides is 2. The van der Waals surface area contributed by atoms with Gasteiger partial charge in [-0.05, 0) is 80.5 Å². The molecule has 0 bridgehead atoms. The van der Waals surface area contributed by atoms with Gasteiger partial charge in [-0.25, -0.2) is 4.39 Å². The summed E-state index contributed by atoms with van der Waals surface area (Å²) in [5.41, 5.74) is 1.83. The first kappa shape index (κ1) is 31.2. The highest BCUT2D eigenvalue weighted by atomic mass is 35.5. The van der Waals surface area contributed by atoms with E-state index in [9.17, 15) is 18.8 Å². The standard InChI is InChI=1S/C33H37ClFN5O5/c1-19(2)45-30-12-21(26-8-5-22(34)13-27(26)32(42)39-17-23(35)18-39)11-29(37-30)38-31(41)28-10-20(14-36-15-25-4-3-9-44-25)16-40(33(28)43)24-6-7-24/h5,8,10-13,16,19,23-25,36H,3-4,6-7,9,14-15,17-18H2,1-2H3,(H,37,38,41)/t25-/m0/s1. The molecule has 3 aromatic rings. The molecule has 2 aliphatic heterocycles. The number of pyridine rings is 2. The summed E-state index contributed by atoms with van der Waals surface area (Å²) in [6, 6.07) is 9.89. The SMILES string of the molecule is CC(C)Oc1cc(-c2ccc(Cl)cc2C(=O)N2CC(F)C2)cc(NC(=O)c2cc(CNC[C@@H]3CCCO3)cn(C3CC3)c2=O)n1. The Bertz CT molecular complexity index is 1650. The van der Waals surface area contributed by atoms with E-state index in [-0.39, 0.29) is 60.1 Å². The van der Waals surface area contributed by atoms with Gasteiger partial charge in [-0.15, -0.1) is 0 Å². The van der Waals surface area contributed by atoms with E-state index in [1.807, 2.05) is 20.0 Å². The molecule has 3 aliphatic rings. The van der Waals surface area contributed by atoms with E-state index >= 15 is 0 Å². The molecule has 1 atom stereocenters. The Morgan fingerprint density at radius 3 is 2.62 bits per heavy atom. The number of hydrogen-bond acceptors (Lipinski definition) is 7. The lowest BCUT2D eigenvalue weighted by molar-refractivity contribution is 0.0401. The zero-order valence-electron chi connectivity index (χ0n) is 25.4. The maximum absolute atomic E-state index is 13.7. The van der Waals surface area contributed by atoms with Gasteiger partial charge in [0.25, 0.3) is 17.4 Å². The van der Waals surface area contributed by atoms with E-state index in [1.54, 1.807) is 41.0 Å². The Balaban J connectivity index is 1.30. The van der Waals surface area contributed by atoms with Gasteiger partial charge in [0.05, 0.1) is 25.3 Å². The normalized spacial score (nSPS) is 18.2. The van der Waals surface area contributed by atoms with Gasteiger partial charge in [-0.3, -0.25) is 14.4 Å². The number of nitrogens with zero attached hydrogens (tertiary/aromatic N) is 3. The highest BCUT2D eigenvalue weighted by molar-refractivity contribution is 6.31. The number of halogens is 2. The van der Waals surface area contributed by atoms with Crippen LogP contribution in [0.25, 0.3) is 11.1 Å². The summed E-state index contributed by atoms with van der Waals surface area (Å²) in [5.74, 6) is -0.576. The van der Waals surface area contributed by atoms with Gasteiger partial charge >= 0.3 is 0 Å². The van der Waals surface area contributed by atoms with Gasteiger partial charge in [0.15, 0.2) is 0 Å². The minimum atomic E-state index is -1.05. The molecule has 2 N–H and O–H groups in total. The van der Waals surface area contributed by atoms with Crippen LogP contribution < -0.4 is 20.9 Å². The van der Waals surface area contributed by atoms with Crippen molar-refractivity contribution in [2.24, 2.45) is 0 Å². The summed E-state index contributed by atoms with van der Waals surface area (Å²) in [4.78, 5) is 46.3. The molecule has 2 saturated heterocycles. The van der Waals surface area contributed by atoms with Gasteiger partial charge in [-0.1, -0.05) is 17.7 Å². The second-order valence-corrected chi connectivity index (χ2v) is 12.6. The van der Waals surface area contributed by atoms with Crippen molar-refractivity contribution in [3.8, 4) is 17.0 Å². The predicted molar refractivity (Wildman–Crippen MR) is 169 cm³/mol. The van der Waals surface area contributed by atoms with Crippen molar-refractivity contribution in [1.29, 1.82) is 0 Å². The average molecular weight is 638 g/mol. The number of carbonyl (C=O) groups is 2. The number of carbonyl (C=O) groups excluding carboxylic acids is 2. The van der Waals surface area contributed by atoms with E-state index < -0.39 is 12.1 Å². The first-order valence-electron chi connectivity index (χ1n) is 15.5. The van der Waals surface area contributed by atoms with Crippen LogP contribution in [-0.2, 0) is 11.3 Å². The third-order valence-corrected chi connectivity index (χ3v) is 8.29. The molecule has 0 radical (unpaired) electrons. The fourth-order valence-corrected chi connectivity index (χ4v) is 5.82. The molecular formula is C33H37ClFN5O5. The second kappa shape index (κ2) is 13.3. The van der Waals surface area contributed by atoms with Gasteiger partial charge in [0, 0.05) is 48.6 Å². The van der Waals surface area contributed by atoms with Crippen LogP contribution in [0.3, 0.4) is 0 Å². The second-order valence-electron chi connectivity index (χ2n) is 12.2. The number of nitrogens with one attached hydrogen (secondary N) is 2. The van der Waals surface area contributed by atoms with Crippen molar-refractivity contribution in [1.82, 2.24) is 19.8 Å². The van der Waals surface area contributed by atoms with Crippen molar-refractivity contribution < 1.29 is 23.5 Å². The molecule has 2 aromatic heterocycles. The van der Waals surface area contributed by atoms with Gasteiger partial charge in [-0.2, -0.15) is 4.98 Å². The monoisotopic (exact) mass is 637 g/mol. The van der Waals surface area contributed by atoms with Gasteiger partial charge in [0.1, 0.15) is 17.6 Å². The van der Waals surface area contributed by atoms with Crippen molar-refractivity contribution >= 4 is 29.2 Å². The fourth-order valence-electron chi connectivity index (χ4n) is 5.64. The van der Waals surface area contributed by atoms with E-state index in [1.165, 1.54) is 4.90 Å². The minimum absolute atomic E-state index is 0.0118. The van der Waals surface area contributed by atoms with Crippen LogP contribution in [0.5, 0.6) is 5.88 Å². The van der Waals surface area contributed by atoms with Crippen LogP contribution in [-0.4, -0.2) is 70.9 Å². The molecule has 1 aliphatic carbocycles. The number of rotatable bonds is 11. The van der Waals surface area contributed by atoms with Crippen molar-refractivity contribution in [2.45, 2.75) is 70.5 Å². The summed E-state index contributed by atoms with van der Waals surface area (Å²) in [5, 5.41) is 6.54. The number of anilines is 1. The molecule has 1 aromatic carbocycles. The first-order valence-corrected chi connectivity index (χ1v) is 15.8. The molecule has 6 rings (SSSR count). The first-order chi connectivity index (χ1) is 21.6. The Morgan fingerprint density at radius 2 is 1.93 bits per heavy atom. The third kappa shape index (κ3) is 7.37. The number of aromatic nitrogens is 2. The number of ether oxygens (including phenoxy) is 2. The van der Waals surface area contributed by atoms with Crippen LogP contribution in [0.1, 0.15) is 71.9 Å². The van der Waals surface area contributed by atoms with E-state index in [0.717, 1.165) is 37.9 Å². The maximum Gasteiger partial charge on any atom is 0.263 e. The van der Waals surface area contributed by atoms with E-state index in [4.69, 9.17) is 21.1 Å². The predicted octanol–water partition coefficient (Wildman–Crippen LogP) is 5.00. The number of benzene rings is 1. The zero-order chi connectivity index (χ0) is 31.7. The van der Waals surface area contributed by atoms with Crippen LogP contribution in [0.2, 0.25) is 5.02 Å². The summed E-state index contributed by atoms with van der Waals surface area (Å²) in [6.45, 7) is 5.69. The third-order valence-electron chi connectivity index (χ3n) is 8.06. The fraction of sp³-hybridized carbons (Fsp3) is 0.455. The zero-order valence-corrected chi connectivity index (χ0v) is 26.1. The van der Waals surface area contributed by atoms with E-state index in [0.29, 0.717) is 34.8 Å². The highest BCUT2D eigenvalue weighted by Gasteiger charge is 2.32. The Kier molecular flexibility index (Phi) is 9.21. The lowest BCUT2D eigenvalue weighted by atomic mass is 9.98.